The summed E-state index contributed by atoms with van der Waals surface area (Å²) in [6.45, 7) is 12.2. The molecular formula is C66H70N10O6. The number of carboxylic acids is 2. The largest absolute Gasteiger partial charge is 0.478 e. The second-order valence-corrected chi connectivity index (χ2v) is 22.0. The molecule has 0 unspecified atom stereocenters. The molecule has 6 aromatic rings. The van der Waals surface area contributed by atoms with Crippen LogP contribution in [0.15, 0.2) is 141 Å². The van der Waals surface area contributed by atoms with Crippen molar-refractivity contribution in [2.45, 2.75) is 64.2 Å². The Balaban J connectivity index is 0.000000159. The predicted molar refractivity (Wildman–Crippen MR) is 323 cm³/mol. The molecule has 420 valence electrons. The minimum absolute atomic E-state index is 0.0200. The van der Waals surface area contributed by atoms with Crippen LogP contribution in [0.1, 0.15) is 124 Å². The molecule has 0 atom stereocenters. The van der Waals surface area contributed by atoms with Crippen LogP contribution in [0, 0.1) is 0 Å². The summed E-state index contributed by atoms with van der Waals surface area (Å²) in [6, 6.07) is 38.0. The van der Waals surface area contributed by atoms with E-state index in [-0.39, 0.29) is 22.9 Å². The molecule has 3 fully saturated rings. The van der Waals surface area contributed by atoms with Crippen molar-refractivity contribution in [3.05, 3.63) is 188 Å². The third-order valence-electron chi connectivity index (χ3n) is 16.4. The lowest BCUT2D eigenvalue weighted by molar-refractivity contribution is 0.0686. The highest BCUT2D eigenvalue weighted by Crippen LogP contribution is 2.34. The number of fused-ring (bicyclic) bond motifs is 4. The zero-order chi connectivity index (χ0) is 56.5. The van der Waals surface area contributed by atoms with Crippen molar-refractivity contribution in [2.24, 2.45) is 25.7 Å². The van der Waals surface area contributed by atoms with Gasteiger partial charge in [0.25, 0.3) is 11.8 Å². The Morgan fingerprint density at radius 3 is 0.939 bits per heavy atom. The number of hydrogen-bond donors (Lipinski definition) is 5. The van der Waals surface area contributed by atoms with E-state index >= 15 is 0 Å². The number of benzene rings is 6. The van der Waals surface area contributed by atoms with Gasteiger partial charge in [-0.1, -0.05) is 48.5 Å². The van der Waals surface area contributed by atoms with Gasteiger partial charge in [0.15, 0.2) is 0 Å². The van der Waals surface area contributed by atoms with Gasteiger partial charge in [-0.2, -0.15) is 0 Å². The van der Waals surface area contributed by atoms with E-state index in [2.05, 4.69) is 59.6 Å². The lowest BCUT2D eigenvalue weighted by Gasteiger charge is -2.14. The van der Waals surface area contributed by atoms with Gasteiger partial charge in [0, 0.05) is 76.1 Å². The van der Waals surface area contributed by atoms with Crippen LogP contribution in [0.25, 0.3) is 0 Å². The van der Waals surface area contributed by atoms with Crippen molar-refractivity contribution in [3.63, 3.8) is 0 Å². The highest BCUT2D eigenvalue weighted by atomic mass is 16.4. The van der Waals surface area contributed by atoms with Crippen LogP contribution >= 0.6 is 0 Å². The van der Waals surface area contributed by atoms with Gasteiger partial charge >= 0.3 is 11.9 Å². The summed E-state index contributed by atoms with van der Waals surface area (Å²) >= 11 is 0. The summed E-state index contributed by atoms with van der Waals surface area (Å²) in [5.41, 5.74) is 22.7. The molecular weight excluding hydrogens is 1030 g/mol. The Labute approximate surface area is 478 Å². The van der Waals surface area contributed by atoms with E-state index in [4.69, 9.17) is 25.9 Å². The third kappa shape index (κ3) is 13.4. The third-order valence-corrected chi connectivity index (χ3v) is 16.4. The molecule has 13 rings (SSSR count). The van der Waals surface area contributed by atoms with Crippen LogP contribution in [0.2, 0.25) is 0 Å². The van der Waals surface area contributed by atoms with Gasteiger partial charge in [-0.3, -0.25) is 29.6 Å². The molecule has 0 aromatic heterocycles. The monoisotopic (exact) mass is 1100 g/mol. The molecule has 0 spiro atoms. The molecule has 3 saturated heterocycles. The van der Waals surface area contributed by atoms with Gasteiger partial charge in [-0.25, -0.2) is 9.59 Å². The molecule has 16 nitrogen and oxygen atoms in total. The maximum Gasteiger partial charge on any atom is 0.335 e. The fraction of sp³-hybridized carbons (Fsp3) is 0.333. The molecule has 7 aliphatic rings. The maximum absolute atomic E-state index is 12.8. The summed E-state index contributed by atoms with van der Waals surface area (Å²) in [5.74, 6) is -1.92. The standard InChI is InChI=1S/C36H40N6O2.C24H16N2O4.C6H14N2/c43-35(37-13-19-41-15-1-2-16-41)27-9-11-31-29(21-27)23-33(39-31)25-5-7-26(8-6-25)34-24-30-22-28(10-12-32(30)40-34)36(44)38-14-20-42-17-3-4-18-42;27-23(28)15-5-7-19-17(9-15)11-21(25-19)13-1-2-14(4-3-13)22-12-18-10-16(24(29)30)6-8-20(18)26-22;7-3-6-8-4-1-2-5-8/h5-12,21-22H,1-4,13-20,23-24H2,(H,37,43)(H,38,44);1-10H,11-12H2,(H,27,28)(H,29,30);1-7H2. The smallest absolute Gasteiger partial charge is 0.335 e. The van der Waals surface area contributed by atoms with Crippen molar-refractivity contribution in [3.8, 4) is 0 Å². The van der Waals surface area contributed by atoms with Gasteiger partial charge in [0.05, 0.1) is 56.7 Å². The van der Waals surface area contributed by atoms with Crippen LogP contribution in [-0.2, 0) is 25.7 Å². The van der Waals surface area contributed by atoms with E-state index in [1.54, 1.807) is 36.4 Å². The topological polar surface area (TPSA) is 218 Å². The number of rotatable bonds is 16. The van der Waals surface area contributed by atoms with Crippen molar-refractivity contribution >= 4 is 69.3 Å². The zero-order valence-electron chi connectivity index (χ0n) is 46.3. The Hall–Kier alpha value is -8.28. The fourth-order valence-electron chi connectivity index (χ4n) is 11.8. The SMILES string of the molecule is NCCN1CCCC1.O=C(NCCN1CCCC1)c1ccc2c(c1)CC(c1ccc(C3=Nc4ccc(C(=O)NCCN5CCCC5)cc4C3)cc1)=N2.O=C(O)c1ccc2c(c1)CC(c1ccc(C3=Nc4ccc(C(=O)O)cc4C3)cc1)=N2. The lowest BCUT2D eigenvalue weighted by atomic mass is 9.98. The van der Waals surface area contributed by atoms with Crippen molar-refractivity contribution < 1.29 is 29.4 Å². The summed E-state index contributed by atoms with van der Waals surface area (Å²) in [7, 11) is 0. The molecule has 6 aromatic carbocycles. The van der Waals surface area contributed by atoms with Gasteiger partial charge in [0.1, 0.15) is 0 Å². The van der Waals surface area contributed by atoms with Crippen LogP contribution < -0.4 is 16.4 Å². The number of carboxylic acid groups (broad SMARTS) is 2. The van der Waals surface area contributed by atoms with Crippen LogP contribution in [-0.4, -0.2) is 150 Å². The van der Waals surface area contributed by atoms with Gasteiger partial charge in [-0.05, 0) is 195 Å². The molecule has 7 aliphatic heterocycles. The van der Waals surface area contributed by atoms with E-state index < -0.39 is 11.9 Å². The first kappa shape index (κ1) is 55.6. The Morgan fingerprint density at radius 2 is 0.659 bits per heavy atom. The minimum atomic E-state index is -0.940. The molecule has 0 radical (unpaired) electrons. The Bertz CT molecular complexity index is 3290. The number of carbonyl (C=O) groups is 4. The summed E-state index contributed by atoms with van der Waals surface area (Å²) in [5, 5.41) is 24.5. The number of aliphatic imine (C=N–C) groups is 4. The Kier molecular flexibility index (Phi) is 17.4. The highest BCUT2D eigenvalue weighted by molar-refractivity contribution is 6.11. The van der Waals surface area contributed by atoms with E-state index in [0.29, 0.717) is 49.9 Å². The Morgan fingerprint density at radius 1 is 0.390 bits per heavy atom. The van der Waals surface area contributed by atoms with Gasteiger partial charge < -0.3 is 41.3 Å². The number of nitrogens with two attached hydrogens (primary N) is 1. The van der Waals surface area contributed by atoms with Crippen LogP contribution in [0.5, 0.6) is 0 Å². The molecule has 0 saturated carbocycles. The first-order valence-corrected chi connectivity index (χ1v) is 28.9. The van der Waals surface area contributed by atoms with Crippen LogP contribution in [0.4, 0.5) is 22.7 Å². The van der Waals surface area contributed by atoms with E-state index in [1.807, 2.05) is 60.7 Å². The first-order valence-electron chi connectivity index (χ1n) is 28.9. The lowest BCUT2D eigenvalue weighted by Crippen LogP contribution is -2.33. The summed E-state index contributed by atoms with van der Waals surface area (Å²) in [4.78, 5) is 74.1. The minimum Gasteiger partial charge on any atom is -0.478 e. The normalized spacial score (nSPS) is 16.8. The average molecular weight is 1100 g/mol. The quantitative estimate of drug-likeness (QED) is 0.0619. The number of carbonyl (C=O) groups excluding carboxylic acids is 2. The maximum atomic E-state index is 12.8. The molecule has 2 amide bonds. The van der Waals surface area contributed by atoms with Gasteiger partial charge in [0.2, 0.25) is 0 Å². The van der Waals surface area contributed by atoms with Crippen molar-refractivity contribution in [2.75, 3.05) is 78.5 Å². The number of nitrogens with one attached hydrogen (secondary N) is 2. The summed E-state index contributed by atoms with van der Waals surface area (Å²) in [6.07, 6.45) is 10.4. The first-order chi connectivity index (χ1) is 40.0. The molecule has 16 heteroatoms. The molecule has 0 bridgehead atoms. The van der Waals surface area contributed by atoms with Gasteiger partial charge in [-0.15, -0.1) is 0 Å². The fourth-order valence-corrected chi connectivity index (χ4v) is 11.8. The molecule has 0 aliphatic carbocycles. The van der Waals surface area contributed by atoms with Crippen molar-refractivity contribution in [1.82, 2.24) is 25.3 Å². The highest BCUT2D eigenvalue weighted by Gasteiger charge is 2.24. The second kappa shape index (κ2) is 25.7. The average Bonchev–Trinajstić information content (AvgIpc) is 4.56. The number of likely N-dealkylation sites (tertiary alicyclic amines) is 3. The van der Waals surface area contributed by atoms with Crippen molar-refractivity contribution in [1.29, 1.82) is 0 Å². The number of nitrogens with zero attached hydrogens (tertiary/aromatic N) is 7. The number of hydrogen-bond acceptors (Lipinski definition) is 12. The number of aromatic carboxylic acids is 2. The molecule has 7 heterocycles. The zero-order valence-corrected chi connectivity index (χ0v) is 46.3. The van der Waals surface area contributed by atoms with E-state index in [1.165, 1.54) is 51.6 Å². The van der Waals surface area contributed by atoms with Crippen LogP contribution in [0.3, 0.4) is 0 Å². The summed E-state index contributed by atoms with van der Waals surface area (Å²) < 4.78 is 0. The van der Waals surface area contributed by atoms with E-state index in [9.17, 15) is 19.2 Å². The molecule has 6 N–H and O–H groups in total. The van der Waals surface area contributed by atoms with E-state index in [0.717, 1.165) is 142 Å². The molecule has 82 heavy (non-hydrogen) atoms. The number of amides is 2. The second-order valence-electron chi connectivity index (χ2n) is 22.0. The predicted octanol–water partition coefficient (Wildman–Crippen LogP) is 9.17.